The van der Waals surface area contributed by atoms with Gasteiger partial charge in [0.05, 0.1) is 11.0 Å². The van der Waals surface area contributed by atoms with Gasteiger partial charge in [-0.3, -0.25) is 0 Å². The van der Waals surface area contributed by atoms with Gasteiger partial charge in [0.1, 0.15) is 0 Å². The van der Waals surface area contributed by atoms with Crippen molar-refractivity contribution in [1.29, 1.82) is 0 Å². The lowest BCUT2D eigenvalue weighted by Gasteiger charge is -2.38. The quantitative estimate of drug-likeness (QED) is 0.440. The van der Waals surface area contributed by atoms with E-state index < -0.39 is 17.1 Å². The van der Waals surface area contributed by atoms with Crippen LogP contribution in [0.2, 0.25) is 0 Å². The first-order chi connectivity index (χ1) is 12.2. The Morgan fingerprint density at radius 2 is 1.04 bits per heavy atom. The molecule has 0 radical (unpaired) electrons. The summed E-state index contributed by atoms with van der Waals surface area (Å²) in [4.78, 5) is 0. The largest absolute Gasteiger partial charge is 0.406 e. The molecule has 2 aromatic rings. The topological polar surface area (TPSA) is 27.7 Å². The van der Waals surface area contributed by atoms with Crippen LogP contribution in [0.15, 0.2) is 60.7 Å². The molecule has 2 aromatic carbocycles. The molecule has 0 spiro atoms. The molecule has 0 aliphatic carbocycles. The maximum atomic E-state index is 6.75. The first-order valence-electron chi connectivity index (χ1n) is 8.37. The number of benzene rings is 2. The third-order valence-corrected chi connectivity index (χ3v) is 13.3. The molecule has 136 valence electrons. The van der Waals surface area contributed by atoms with Crippen LogP contribution in [-0.2, 0) is 13.0 Å². The van der Waals surface area contributed by atoms with Crippen LogP contribution in [0.25, 0.3) is 0 Å². The summed E-state index contributed by atoms with van der Waals surface area (Å²) in [6.07, 6.45) is 0. The lowest BCUT2D eigenvalue weighted by molar-refractivity contribution is 0.215. The van der Waals surface area contributed by atoms with Crippen molar-refractivity contribution in [2.75, 3.05) is 24.2 Å². The summed E-state index contributed by atoms with van der Waals surface area (Å²) in [5.41, 5.74) is 0.548. The Hall–Kier alpha value is -0.666. The molecular formula is C18H24Cl2O3Si2. The van der Waals surface area contributed by atoms with Gasteiger partial charge in [-0.1, -0.05) is 60.7 Å². The van der Waals surface area contributed by atoms with Gasteiger partial charge in [0.15, 0.2) is 0 Å². The highest BCUT2D eigenvalue weighted by Crippen LogP contribution is 2.21. The number of rotatable bonds is 10. The van der Waals surface area contributed by atoms with Crippen molar-refractivity contribution in [2.45, 2.75) is 13.8 Å². The van der Waals surface area contributed by atoms with E-state index in [9.17, 15) is 0 Å². The molecule has 0 saturated heterocycles. The Bertz CT molecular complexity index is 577. The van der Waals surface area contributed by atoms with Crippen LogP contribution in [0.4, 0.5) is 0 Å². The Balaban J connectivity index is 2.52. The summed E-state index contributed by atoms with van der Waals surface area (Å²) in [6, 6.07) is 19.9. The minimum atomic E-state index is -2.90. The zero-order chi connectivity index (χ0) is 18.2. The molecule has 0 saturated carbocycles. The number of hydrogen-bond donors (Lipinski definition) is 0. The summed E-state index contributed by atoms with van der Waals surface area (Å²) in [7, 11) is -5.81. The van der Waals surface area contributed by atoms with E-state index in [1.54, 1.807) is 0 Å². The maximum Gasteiger partial charge on any atom is 0.379 e. The van der Waals surface area contributed by atoms with Crippen molar-refractivity contribution in [3.05, 3.63) is 60.7 Å². The molecule has 25 heavy (non-hydrogen) atoms. The van der Waals surface area contributed by atoms with E-state index in [0.717, 1.165) is 10.4 Å². The second-order valence-corrected chi connectivity index (χ2v) is 13.2. The predicted molar refractivity (Wildman–Crippen MR) is 109 cm³/mol. The third kappa shape index (κ3) is 4.74. The fraction of sp³-hybridized carbons (Fsp3) is 0.333. The standard InChI is InChI=1S/C18H24Cl2O3Si2/c1-3-21-24(15-19,17-11-7-5-8-12-17)23-25(16-20,22-4-2)18-13-9-6-10-14-18/h5-14H,3-4,15-16H2,1-2H3. The highest BCUT2D eigenvalue weighted by atomic mass is 35.5. The van der Waals surface area contributed by atoms with Gasteiger partial charge >= 0.3 is 17.1 Å². The molecule has 0 N–H and O–H groups in total. The van der Waals surface area contributed by atoms with Gasteiger partial charge in [0, 0.05) is 13.2 Å². The van der Waals surface area contributed by atoms with Crippen molar-refractivity contribution in [2.24, 2.45) is 0 Å². The predicted octanol–water partition coefficient (Wildman–Crippen LogP) is 3.33. The van der Waals surface area contributed by atoms with Gasteiger partial charge < -0.3 is 13.0 Å². The molecule has 2 rings (SSSR count). The van der Waals surface area contributed by atoms with Gasteiger partial charge in [-0.15, -0.1) is 23.2 Å². The normalized spacial score (nSPS) is 16.2. The van der Waals surface area contributed by atoms with Gasteiger partial charge in [-0.25, -0.2) is 0 Å². The highest BCUT2D eigenvalue weighted by molar-refractivity contribution is 6.97. The fourth-order valence-corrected chi connectivity index (χ4v) is 12.2. The SMILES string of the molecule is CCO[Si](CCl)(O[Si](CCl)(OCC)c1ccccc1)c1ccccc1. The van der Waals surface area contributed by atoms with Crippen molar-refractivity contribution >= 4 is 50.7 Å². The number of halogens is 2. The molecule has 2 unspecified atom stereocenters. The maximum absolute atomic E-state index is 6.75. The van der Waals surface area contributed by atoms with Gasteiger partial charge in [0.25, 0.3) is 0 Å². The Morgan fingerprint density at radius 1 is 0.680 bits per heavy atom. The molecule has 7 heteroatoms. The second kappa shape index (κ2) is 9.87. The molecular weight excluding hydrogens is 391 g/mol. The van der Waals surface area contributed by atoms with Gasteiger partial charge in [0.2, 0.25) is 0 Å². The van der Waals surface area contributed by atoms with Crippen molar-refractivity contribution in [3.8, 4) is 0 Å². The van der Waals surface area contributed by atoms with E-state index in [4.69, 9.17) is 36.2 Å². The van der Waals surface area contributed by atoms with E-state index in [-0.39, 0.29) is 11.0 Å². The molecule has 0 aliphatic heterocycles. The Kier molecular flexibility index (Phi) is 8.15. The van der Waals surface area contributed by atoms with Crippen LogP contribution in [-0.4, -0.2) is 41.3 Å². The molecule has 0 bridgehead atoms. The van der Waals surface area contributed by atoms with Crippen LogP contribution in [0, 0.1) is 0 Å². The van der Waals surface area contributed by atoms with E-state index in [0.29, 0.717) is 13.2 Å². The summed E-state index contributed by atoms with van der Waals surface area (Å²) >= 11 is 12.8. The Labute approximate surface area is 162 Å². The van der Waals surface area contributed by atoms with Crippen LogP contribution in [0.1, 0.15) is 13.8 Å². The van der Waals surface area contributed by atoms with Gasteiger partial charge in [-0.2, -0.15) is 0 Å². The molecule has 0 fully saturated rings. The second-order valence-electron chi connectivity index (χ2n) is 5.47. The monoisotopic (exact) mass is 414 g/mol. The van der Waals surface area contributed by atoms with Crippen molar-refractivity contribution < 1.29 is 13.0 Å². The average molecular weight is 415 g/mol. The summed E-state index contributed by atoms with van der Waals surface area (Å²) < 4.78 is 19.1. The summed E-state index contributed by atoms with van der Waals surface area (Å²) in [5.74, 6) is 0. The van der Waals surface area contributed by atoms with Crippen LogP contribution in [0.5, 0.6) is 0 Å². The molecule has 3 nitrogen and oxygen atoms in total. The minimum Gasteiger partial charge on any atom is -0.406 e. The zero-order valence-corrected chi connectivity index (χ0v) is 18.1. The number of alkyl halides is 2. The van der Waals surface area contributed by atoms with E-state index in [1.165, 1.54) is 0 Å². The first kappa shape index (κ1) is 20.6. The number of hydrogen-bond acceptors (Lipinski definition) is 3. The average Bonchev–Trinajstić information content (AvgIpc) is 2.68. The minimum absolute atomic E-state index is 0.274. The van der Waals surface area contributed by atoms with Crippen LogP contribution >= 0.6 is 23.2 Å². The van der Waals surface area contributed by atoms with E-state index in [2.05, 4.69) is 0 Å². The summed E-state index contributed by atoms with van der Waals surface area (Å²) in [6.45, 7) is 4.94. The first-order valence-corrected chi connectivity index (χ1v) is 13.5. The molecule has 0 aromatic heterocycles. The van der Waals surface area contributed by atoms with Crippen molar-refractivity contribution in [1.82, 2.24) is 0 Å². The van der Waals surface area contributed by atoms with Crippen LogP contribution < -0.4 is 10.4 Å². The van der Waals surface area contributed by atoms with Crippen molar-refractivity contribution in [3.63, 3.8) is 0 Å². The van der Waals surface area contributed by atoms with E-state index >= 15 is 0 Å². The fourth-order valence-electron chi connectivity index (χ4n) is 2.75. The van der Waals surface area contributed by atoms with Crippen LogP contribution in [0.3, 0.4) is 0 Å². The molecule has 2 atom stereocenters. The lowest BCUT2D eigenvalue weighted by atomic mass is 10.4. The zero-order valence-electron chi connectivity index (χ0n) is 14.6. The molecule has 0 aliphatic rings. The third-order valence-electron chi connectivity index (χ3n) is 3.86. The molecule has 0 heterocycles. The van der Waals surface area contributed by atoms with Gasteiger partial charge in [-0.05, 0) is 24.2 Å². The Morgan fingerprint density at radius 3 is 1.32 bits per heavy atom. The van der Waals surface area contributed by atoms with E-state index in [1.807, 2.05) is 74.5 Å². The smallest absolute Gasteiger partial charge is 0.379 e. The lowest BCUT2D eigenvalue weighted by Crippen LogP contribution is -2.68. The highest BCUT2D eigenvalue weighted by Gasteiger charge is 2.51. The molecule has 0 amide bonds. The summed E-state index contributed by atoms with van der Waals surface area (Å²) in [5, 5.41) is 1.98.